The molecule has 0 spiro atoms. The smallest absolute Gasteiger partial charge is 0.118 e. The predicted molar refractivity (Wildman–Crippen MR) is 62.1 cm³/mol. The highest BCUT2D eigenvalue weighted by Crippen LogP contribution is 2.13. The third kappa shape index (κ3) is 3.46. The lowest BCUT2D eigenvalue weighted by Gasteiger charge is -1.99. The third-order valence-electron chi connectivity index (χ3n) is 1.86. The Balaban J connectivity index is 2.87. The van der Waals surface area contributed by atoms with Crippen molar-refractivity contribution < 1.29 is 9.57 Å². The summed E-state index contributed by atoms with van der Waals surface area (Å²) in [6, 6.07) is 9.39. The molecule has 0 saturated heterocycles. The van der Waals surface area contributed by atoms with Crippen molar-refractivity contribution in [1.82, 2.24) is 0 Å². The molecule has 0 heterocycles. The highest BCUT2D eigenvalue weighted by Gasteiger charge is 1.94. The van der Waals surface area contributed by atoms with Crippen molar-refractivity contribution in [2.75, 3.05) is 14.2 Å². The van der Waals surface area contributed by atoms with E-state index in [1.165, 1.54) is 13.3 Å². The van der Waals surface area contributed by atoms with Gasteiger partial charge in [0.25, 0.3) is 0 Å². The molecule has 0 atom stereocenters. The van der Waals surface area contributed by atoms with Gasteiger partial charge in [-0.1, -0.05) is 17.3 Å². The Labute approximate surface area is 94.4 Å². The summed E-state index contributed by atoms with van der Waals surface area (Å²) >= 11 is 0. The van der Waals surface area contributed by atoms with Crippen molar-refractivity contribution in [3.05, 3.63) is 35.4 Å². The van der Waals surface area contributed by atoms with Crippen molar-refractivity contribution in [3.63, 3.8) is 0 Å². The second kappa shape index (κ2) is 6.25. The Morgan fingerprint density at radius 1 is 1.31 bits per heavy atom. The van der Waals surface area contributed by atoms with Crippen molar-refractivity contribution in [1.29, 1.82) is 5.26 Å². The highest BCUT2D eigenvalue weighted by molar-refractivity contribution is 5.90. The minimum Gasteiger partial charge on any atom is -0.497 e. The molecule has 0 radical (unpaired) electrons. The van der Waals surface area contributed by atoms with Crippen LogP contribution in [0.4, 0.5) is 0 Å². The minimum absolute atomic E-state index is 0.423. The van der Waals surface area contributed by atoms with Crippen molar-refractivity contribution in [3.8, 4) is 11.8 Å². The molecule has 0 bridgehead atoms. The number of ether oxygens (including phenoxy) is 1. The van der Waals surface area contributed by atoms with Crippen LogP contribution < -0.4 is 4.74 Å². The maximum absolute atomic E-state index is 8.82. The standard InChI is InChI=1S/C12H12N2O2/c1-15-12-5-3-10(4-6-12)7-11(8-13)9-14-16-2/h3-7,9H,1-2H3/b11-7+,14-9?. The van der Waals surface area contributed by atoms with Crippen LogP contribution in [0.5, 0.6) is 5.75 Å². The normalized spacial score (nSPS) is 11.2. The number of benzene rings is 1. The van der Waals surface area contributed by atoms with Crippen LogP contribution in [0.25, 0.3) is 6.08 Å². The third-order valence-corrected chi connectivity index (χ3v) is 1.86. The van der Waals surface area contributed by atoms with Crippen molar-refractivity contribution in [2.45, 2.75) is 0 Å². The molecular formula is C12H12N2O2. The van der Waals surface area contributed by atoms with Gasteiger partial charge in [0.15, 0.2) is 0 Å². The van der Waals surface area contributed by atoms with Crippen molar-refractivity contribution >= 4 is 12.3 Å². The highest BCUT2D eigenvalue weighted by atomic mass is 16.6. The lowest BCUT2D eigenvalue weighted by molar-refractivity contribution is 0.215. The van der Waals surface area contributed by atoms with E-state index in [1.807, 2.05) is 30.3 Å². The quantitative estimate of drug-likeness (QED) is 0.440. The van der Waals surface area contributed by atoms with Gasteiger partial charge in [0.1, 0.15) is 18.9 Å². The van der Waals surface area contributed by atoms with Gasteiger partial charge in [-0.15, -0.1) is 0 Å². The maximum atomic E-state index is 8.82. The molecule has 0 aliphatic carbocycles. The Morgan fingerprint density at radius 2 is 2.00 bits per heavy atom. The SMILES string of the molecule is CON=C/C(C#N)=C/c1ccc(OC)cc1. The lowest BCUT2D eigenvalue weighted by Crippen LogP contribution is -1.84. The number of nitriles is 1. The van der Waals surface area contributed by atoms with Crippen LogP contribution in [0.2, 0.25) is 0 Å². The Bertz CT molecular complexity index is 427. The van der Waals surface area contributed by atoms with Crippen LogP contribution in [0.3, 0.4) is 0 Å². The average Bonchev–Trinajstić information content (AvgIpc) is 2.35. The molecule has 1 aromatic rings. The van der Waals surface area contributed by atoms with Crippen LogP contribution in [0.15, 0.2) is 35.0 Å². The number of oxime groups is 1. The summed E-state index contributed by atoms with van der Waals surface area (Å²) in [5, 5.41) is 12.4. The molecular weight excluding hydrogens is 204 g/mol. The van der Waals surface area contributed by atoms with Crippen LogP contribution >= 0.6 is 0 Å². The van der Waals surface area contributed by atoms with Crippen LogP contribution in [-0.2, 0) is 4.84 Å². The first-order valence-electron chi connectivity index (χ1n) is 4.62. The number of hydrogen-bond acceptors (Lipinski definition) is 4. The summed E-state index contributed by atoms with van der Waals surface area (Å²) in [7, 11) is 3.04. The second-order valence-electron chi connectivity index (χ2n) is 2.90. The molecule has 0 fully saturated rings. The van der Waals surface area contributed by atoms with E-state index in [-0.39, 0.29) is 0 Å². The number of allylic oxidation sites excluding steroid dienone is 1. The molecule has 16 heavy (non-hydrogen) atoms. The Hall–Kier alpha value is -2.28. The summed E-state index contributed by atoms with van der Waals surface area (Å²) in [4.78, 5) is 4.51. The number of rotatable bonds is 4. The molecule has 4 heteroatoms. The molecule has 0 aliphatic heterocycles. The molecule has 0 aliphatic rings. The van der Waals surface area contributed by atoms with E-state index in [4.69, 9.17) is 10.00 Å². The van der Waals surface area contributed by atoms with Gasteiger partial charge >= 0.3 is 0 Å². The first-order valence-corrected chi connectivity index (χ1v) is 4.62. The number of nitrogens with zero attached hydrogens (tertiary/aromatic N) is 2. The van der Waals surface area contributed by atoms with E-state index < -0.39 is 0 Å². The largest absolute Gasteiger partial charge is 0.497 e. The van der Waals surface area contributed by atoms with Gasteiger partial charge in [0.2, 0.25) is 0 Å². The molecule has 0 aromatic heterocycles. The van der Waals surface area contributed by atoms with E-state index in [0.29, 0.717) is 5.57 Å². The van der Waals surface area contributed by atoms with Crippen molar-refractivity contribution in [2.24, 2.45) is 5.16 Å². The Morgan fingerprint density at radius 3 is 2.50 bits per heavy atom. The summed E-state index contributed by atoms with van der Waals surface area (Å²) < 4.78 is 5.03. The van der Waals surface area contributed by atoms with Gasteiger partial charge in [-0.25, -0.2) is 0 Å². The molecule has 0 unspecified atom stereocenters. The molecule has 4 nitrogen and oxygen atoms in total. The molecule has 82 valence electrons. The molecule has 0 N–H and O–H groups in total. The predicted octanol–water partition coefficient (Wildman–Crippen LogP) is 2.23. The van der Waals surface area contributed by atoms with Crippen LogP contribution in [0.1, 0.15) is 5.56 Å². The fourth-order valence-electron chi connectivity index (χ4n) is 1.09. The summed E-state index contributed by atoms with van der Waals surface area (Å²) in [6.07, 6.45) is 3.08. The zero-order valence-corrected chi connectivity index (χ0v) is 9.18. The summed E-state index contributed by atoms with van der Waals surface area (Å²) in [5.41, 5.74) is 1.33. The van der Waals surface area contributed by atoms with Crippen LogP contribution in [-0.4, -0.2) is 20.4 Å². The van der Waals surface area contributed by atoms with E-state index in [9.17, 15) is 0 Å². The molecule has 0 amide bonds. The van der Waals surface area contributed by atoms with E-state index in [0.717, 1.165) is 11.3 Å². The van der Waals surface area contributed by atoms with Gasteiger partial charge in [0, 0.05) is 0 Å². The zero-order valence-electron chi connectivity index (χ0n) is 9.18. The average molecular weight is 216 g/mol. The van der Waals surface area contributed by atoms with Crippen LogP contribution in [0, 0.1) is 11.3 Å². The molecule has 1 rings (SSSR count). The van der Waals surface area contributed by atoms with Gasteiger partial charge in [-0.3, -0.25) is 0 Å². The number of hydrogen-bond donors (Lipinski definition) is 0. The van der Waals surface area contributed by atoms with Gasteiger partial charge < -0.3 is 9.57 Å². The maximum Gasteiger partial charge on any atom is 0.118 e. The first-order chi connectivity index (χ1) is 7.80. The second-order valence-corrected chi connectivity index (χ2v) is 2.90. The fraction of sp³-hybridized carbons (Fsp3) is 0.167. The summed E-state index contributed by atoms with van der Waals surface area (Å²) in [6.45, 7) is 0. The van der Waals surface area contributed by atoms with Gasteiger partial charge in [-0.2, -0.15) is 5.26 Å². The topological polar surface area (TPSA) is 54.6 Å². The van der Waals surface area contributed by atoms with Gasteiger partial charge in [0.05, 0.1) is 18.9 Å². The molecule has 1 aromatic carbocycles. The summed E-state index contributed by atoms with van der Waals surface area (Å²) in [5.74, 6) is 0.779. The van der Waals surface area contributed by atoms with E-state index in [1.54, 1.807) is 13.2 Å². The monoisotopic (exact) mass is 216 g/mol. The fourth-order valence-corrected chi connectivity index (χ4v) is 1.09. The Kier molecular flexibility index (Phi) is 4.61. The zero-order chi connectivity index (χ0) is 11.8. The van der Waals surface area contributed by atoms with E-state index >= 15 is 0 Å². The van der Waals surface area contributed by atoms with E-state index in [2.05, 4.69) is 9.99 Å². The van der Waals surface area contributed by atoms with Gasteiger partial charge in [-0.05, 0) is 23.8 Å². The number of methoxy groups -OCH3 is 1. The minimum atomic E-state index is 0.423. The lowest BCUT2D eigenvalue weighted by atomic mass is 10.1. The first kappa shape index (κ1) is 11.8. The molecule has 0 saturated carbocycles.